The van der Waals surface area contributed by atoms with E-state index in [1.54, 1.807) is 50.2 Å². The lowest BCUT2D eigenvalue weighted by molar-refractivity contribution is -0.205. The van der Waals surface area contributed by atoms with Gasteiger partial charge in [0.15, 0.2) is 0 Å². The molecule has 0 spiro atoms. The Bertz CT molecular complexity index is 1750. The van der Waals surface area contributed by atoms with Gasteiger partial charge in [-0.1, -0.05) is 54.6 Å². The van der Waals surface area contributed by atoms with Crippen LogP contribution in [0.4, 0.5) is 5.82 Å². The number of hydrogen-bond donors (Lipinski definition) is 1. The molecule has 7 rings (SSSR count). The van der Waals surface area contributed by atoms with Gasteiger partial charge in [-0.25, -0.2) is 15.0 Å². The highest BCUT2D eigenvalue weighted by atomic mass is 16.3. The summed E-state index contributed by atoms with van der Waals surface area (Å²) in [6.07, 6.45) is 2.05. The van der Waals surface area contributed by atoms with Crippen molar-refractivity contribution in [3.8, 4) is 5.75 Å². The summed E-state index contributed by atoms with van der Waals surface area (Å²) >= 11 is 0. The Kier molecular flexibility index (Phi) is 10.6. The molecule has 2 aromatic carbocycles. The van der Waals surface area contributed by atoms with Crippen molar-refractivity contribution in [2.45, 2.75) is 57.0 Å². The van der Waals surface area contributed by atoms with Gasteiger partial charge >= 0.3 is 0 Å². The lowest BCUT2D eigenvalue weighted by Gasteiger charge is -2.55. The highest BCUT2D eigenvalue weighted by molar-refractivity contribution is 5.92. The van der Waals surface area contributed by atoms with Crippen molar-refractivity contribution in [1.82, 2.24) is 34.6 Å². The molecular weight excluding hydrogens is 656 g/mol. The van der Waals surface area contributed by atoms with Crippen molar-refractivity contribution < 1.29 is 19.5 Å². The van der Waals surface area contributed by atoms with Crippen LogP contribution in [0.5, 0.6) is 5.75 Å². The molecule has 1 N–H and O–H groups in total. The maximum Gasteiger partial charge on any atom is 0.246 e. The Labute approximate surface area is 306 Å². The number of amides is 3. The predicted octanol–water partition coefficient (Wildman–Crippen LogP) is 2.60. The van der Waals surface area contributed by atoms with Gasteiger partial charge in [-0.3, -0.25) is 19.3 Å². The predicted molar refractivity (Wildman–Crippen MR) is 199 cm³/mol. The molecule has 0 saturated carbocycles. The molecule has 4 aliphatic heterocycles. The van der Waals surface area contributed by atoms with Crippen LogP contribution in [-0.2, 0) is 33.8 Å². The fourth-order valence-corrected chi connectivity index (χ4v) is 8.24. The maximum atomic E-state index is 14.5. The quantitative estimate of drug-likeness (QED) is 0.302. The Balaban J connectivity index is 1.13. The summed E-state index contributed by atoms with van der Waals surface area (Å²) in [4.78, 5) is 58.3. The number of fused-ring (bicyclic) bond motifs is 1. The number of aryl methyl sites for hydroxylation is 1. The Morgan fingerprint density at radius 2 is 1.71 bits per heavy atom. The van der Waals surface area contributed by atoms with Crippen LogP contribution >= 0.6 is 0 Å². The average Bonchev–Trinajstić information content (AvgIpc) is 3.11. The van der Waals surface area contributed by atoms with Crippen LogP contribution < -0.4 is 4.90 Å². The molecule has 5 heterocycles. The monoisotopic (exact) mass is 706 g/mol. The van der Waals surface area contributed by atoms with E-state index < -0.39 is 12.2 Å². The van der Waals surface area contributed by atoms with Crippen LogP contribution in [0.2, 0.25) is 0 Å². The third kappa shape index (κ3) is 7.55. The minimum absolute atomic E-state index is 0.0354. The second-order valence-electron chi connectivity index (χ2n) is 14.6. The van der Waals surface area contributed by atoms with Gasteiger partial charge in [0.1, 0.15) is 23.8 Å². The summed E-state index contributed by atoms with van der Waals surface area (Å²) < 4.78 is 0. The second-order valence-corrected chi connectivity index (χ2v) is 14.6. The molecule has 2 unspecified atom stereocenters. The van der Waals surface area contributed by atoms with Gasteiger partial charge in [0.25, 0.3) is 0 Å². The van der Waals surface area contributed by atoms with E-state index in [4.69, 9.17) is 4.98 Å². The van der Waals surface area contributed by atoms with Gasteiger partial charge in [0.2, 0.25) is 17.7 Å². The molecule has 3 atom stereocenters. The SMILES string of the molecule is C=CCN1CC(=O)N2C(CN(Cc3cccc(N4CC(N5CCN(C)CC5C)C4)n3)C(=O)[C@@H]2Cc2ccc(O)cc2)N1C(=O)CCc1ccccc1. The van der Waals surface area contributed by atoms with Crippen molar-refractivity contribution in [2.24, 2.45) is 0 Å². The molecule has 0 aliphatic carbocycles. The summed E-state index contributed by atoms with van der Waals surface area (Å²) in [5.41, 5.74) is 2.62. The Hall–Kier alpha value is -4.78. The molecule has 12 heteroatoms. The number of piperazine rings is 2. The first kappa shape index (κ1) is 35.6. The number of benzene rings is 2. The zero-order valence-electron chi connectivity index (χ0n) is 30.3. The molecule has 4 fully saturated rings. The normalized spacial score (nSPS) is 23.5. The number of likely N-dealkylation sites (N-methyl/N-ethyl adjacent to an activating group) is 1. The molecule has 274 valence electrons. The van der Waals surface area contributed by atoms with Crippen LogP contribution in [0.1, 0.15) is 30.2 Å². The van der Waals surface area contributed by atoms with Gasteiger partial charge in [-0.2, -0.15) is 0 Å². The first-order chi connectivity index (χ1) is 25.2. The molecule has 0 radical (unpaired) electrons. The lowest BCUT2D eigenvalue weighted by Crippen LogP contribution is -2.75. The van der Waals surface area contributed by atoms with Gasteiger partial charge in [0, 0.05) is 64.2 Å². The number of phenols is 1. The van der Waals surface area contributed by atoms with E-state index in [0.717, 1.165) is 55.4 Å². The number of aromatic hydroxyl groups is 1. The number of hydrazine groups is 1. The maximum absolute atomic E-state index is 14.5. The van der Waals surface area contributed by atoms with Crippen LogP contribution in [-0.4, -0.2) is 141 Å². The highest BCUT2D eigenvalue weighted by Gasteiger charge is 2.51. The van der Waals surface area contributed by atoms with Crippen molar-refractivity contribution in [3.05, 3.63) is 102 Å². The largest absolute Gasteiger partial charge is 0.508 e. The first-order valence-electron chi connectivity index (χ1n) is 18.4. The van der Waals surface area contributed by atoms with Gasteiger partial charge in [-0.15, -0.1) is 6.58 Å². The van der Waals surface area contributed by atoms with E-state index in [1.165, 1.54) is 0 Å². The number of nitrogens with zero attached hydrogens (tertiary/aromatic N) is 8. The van der Waals surface area contributed by atoms with E-state index in [-0.39, 0.29) is 55.9 Å². The molecule has 0 bridgehead atoms. The fraction of sp³-hybridized carbons (Fsp3) is 0.450. The second kappa shape index (κ2) is 15.4. The third-order valence-corrected chi connectivity index (χ3v) is 10.9. The van der Waals surface area contributed by atoms with E-state index >= 15 is 0 Å². The van der Waals surface area contributed by atoms with E-state index in [2.05, 4.69) is 35.3 Å². The van der Waals surface area contributed by atoms with E-state index in [9.17, 15) is 19.5 Å². The summed E-state index contributed by atoms with van der Waals surface area (Å²) in [6, 6.07) is 22.7. The molecule has 52 heavy (non-hydrogen) atoms. The molecule has 1 aromatic heterocycles. The number of carbonyl (C=O) groups is 3. The molecule has 3 aromatic rings. The minimum Gasteiger partial charge on any atom is -0.508 e. The summed E-state index contributed by atoms with van der Waals surface area (Å²) in [7, 11) is 2.18. The number of anilines is 1. The summed E-state index contributed by atoms with van der Waals surface area (Å²) in [6.45, 7) is 11.9. The number of hydrogen-bond acceptors (Lipinski definition) is 9. The first-order valence-corrected chi connectivity index (χ1v) is 18.4. The van der Waals surface area contributed by atoms with Crippen LogP contribution in [0.15, 0.2) is 85.5 Å². The topological polar surface area (TPSA) is 107 Å². The lowest BCUT2D eigenvalue weighted by atomic mass is 9.98. The fourth-order valence-electron chi connectivity index (χ4n) is 8.24. The Morgan fingerprint density at radius 1 is 0.942 bits per heavy atom. The minimum atomic E-state index is -0.837. The average molecular weight is 707 g/mol. The number of aromatic nitrogens is 1. The number of pyridine rings is 1. The van der Waals surface area contributed by atoms with Crippen molar-refractivity contribution in [3.63, 3.8) is 0 Å². The molecule has 3 amide bonds. The van der Waals surface area contributed by atoms with Gasteiger partial charge in [0.05, 0.1) is 25.3 Å². The van der Waals surface area contributed by atoms with Crippen LogP contribution in [0.3, 0.4) is 0 Å². The van der Waals surface area contributed by atoms with Gasteiger partial charge < -0.3 is 24.7 Å². The van der Waals surface area contributed by atoms with Gasteiger partial charge in [-0.05, 0) is 55.8 Å². The molecule has 4 saturated heterocycles. The zero-order chi connectivity index (χ0) is 36.4. The molecule has 4 aliphatic rings. The van der Waals surface area contributed by atoms with Crippen molar-refractivity contribution in [2.75, 3.05) is 64.3 Å². The van der Waals surface area contributed by atoms with Crippen LogP contribution in [0.25, 0.3) is 0 Å². The van der Waals surface area contributed by atoms with Crippen molar-refractivity contribution in [1.29, 1.82) is 0 Å². The van der Waals surface area contributed by atoms with Crippen LogP contribution in [0, 0.1) is 0 Å². The number of phenolic OH excluding ortho intramolecular Hbond substituents is 1. The molecular formula is C40H50N8O4. The standard InChI is InChI=1S/C40H50N8O4/c1-4-19-45-28-39(51)47-35(22-31-13-16-34(49)17-14-31)40(52)44(27-37(47)48(45)38(50)18-15-30-9-6-5-7-10-30)24-32-11-8-12-36(41-32)43-25-33(26-43)46-21-20-42(3)23-29(46)2/h4-14,16-17,29,33,35,37,49H,1,15,18-28H2,2-3H3/t29?,35-,37?/m0/s1. The third-order valence-electron chi connectivity index (χ3n) is 10.9. The summed E-state index contributed by atoms with van der Waals surface area (Å²) in [5.74, 6) is 0.503. The molecule has 12 nitrogen and oxygen atoms in total. The number of carbonyl (C=O) groups excluding carboxylic acids is 3. The summed E-state index contributed by atoms with van der Waals surface area (Å²) in [5, 5.41) is 13.4. The highest BCUT2D eigenvalue weighted by Crippen LogP contribution is 2.31. The van der Waals surface area contributed by atoms with E-state index in [1.807, 2.05) is 48.5 Å². The smallest absolute Gasteiger partial charge is 0.246 e. The zero-order valence-corrected chi connectivity index (χ0v) is 30.3. The van der Waals surface area contributed by atoms with E-state index in [0.29, 0.717) is 25.0 Å². The van der Waals surface area contributed by atoms with Crippen molar-refractivity contribution >= 4 is 23.5 Å². The number of rotatable bonds is 11. The Morgan fingerprint density at radius 3 is 2.44 bits per heavy atom.